The number of ketones is 1. The number of allylic oxidation sites excluding steroid dienone is 1. The molecule has 1 aliphatic carbocycles. The Morgan fingerprint density at radius 2 is 1.71 bits per heavy atom. The first-order chi connectivity index (χ1) is 16.6. The Labute approximate surface area is 200 Å². The quantitative estimate of drug-likeness (QED) is 0.375. The number of carbonyl (C=O) groups is 2. The topological polar surface area (TPSA) is 74.2 Å². The van der Waals surface area contributed by atoms with E-state index < -0.39 is 17.8 Å². The van der Waals surface area contributed by atoms with E-state index in [2.05, 4.69) is 0 Å². The van der Waals surface area contributed by atoms with Crippen molar-refractivity contribution in [3.63, 3.8) is 0 Å². The van der Waals surface area contributed by atoms with Crippen LogP contribution in [0.5, 0.6) is 11.5 Å². The highest BCUT2D eigenvalue weighted by Gasteiger charge is 2.44. The summed E-state index contributed by atoms with van der Waals surface area (Å²) in [5, 5.41) is 0. The largest absolute Gasteiger partial charge is 0.493 e. The normalized spacial score (nSPS) is 19.8. The summed E-state index contributed by atoms with van der Waals surface area (Å²) in [5.41, 5.74) is 2.71. The number of ether oxygens (including phenoxy) is 3. The molecule has 1 saturated carbocycles. The molecule has 0 amide bonds. The number of benzene rings is 2. The molecule has 0 aromatic heterocycles. The van der Waals surface area contributed by atoms with E-state index in [0.29, 0.717) is 35.8 Å². The van der Waals surface area contributed by atoms with E-state index in [4.69, 9.17) is 19.2 Å². The first kappa shape index (κ1) is 23.7. The monoisotopic (exact) mass is 461 g/mol. The minimum absolute atomic E-state index is 0.0976. The molecule has 1 unspecified atom stereocenters. The van der Waals surface area contributed by atoms with Crippen LogP contribution in [0.25, 0.3) is 0 Å². The molecule has 0 radical (unpaired) electrons. The highest BCUT2D eigenvalue weighted by molar-refractivity contribution is 6.11. The maximum absolute atomic E-state index is 13.4. The van der Waals surface area contributed by atoms with Crippen LogP contribution < -0.4 is 9.47 Å². The maximum atomic E-state index is 13.4. The summed E-state index contributed by atoms with van der Waals surface area (Å²) in [4.78, 5) is 31.2. The van der Waals surface area contributed by atoms with E-state index in [9.17, 15) is 9.59 Å². The lowest BCUT2D eigenvalue weighted by Gasteiger charge is -2.36. The van der Waals surface area contributed by atoms with Crippen molar-refractivity contribution in [1.82, 2.24) is 0 Å². The van der Waals surface area contributed by atoms with E-state index in [-0.39, 0.29) is 19.0 Å². The predicted molar refractivity (Wildman–Crippen MR) is 130 cm³/mol. The van der Waals surface area contributed by atoms with Crippen LogP contribution in [-0.2, 0) is 14.3 Å². The van der Waals surface area contributed by atoms with Crippen molar-refractivity contribution in [3.05, 3.63) is 71.4 Å². The van der Waals surface area contributed by atoms with Crippen molar-refractivity contribution in [2.45, 2.75) is 45.4 Å². The Hall–Kier alpha value is -3.41. The second-order valence-electron chi connectivity index (χ2n) is 8.56. The van der Waals surface area contributed by atoms with Crippen molar-refractivity contribution >= 4 is 17.5 Å². The van der Waals surface area contributed by atoms with E-state index in [1.54, 1.807) is 0 Å². The van der Waals surface area contributed by atoms with Crippen molar-refractivity contribution in [2.24, 2.45) is 10.9 Å². The molecule has 6 nitrogen and oxygen atoms in total. The second-order valence-corrected chi connectivity index (χ2v) is 8.56. The van der Waals surface area contributed by atoms with Crippen molar-refractivity contribution < 1.29 is 23.8 Å². The number of rotatable bonds is 9. The first-order valence-electron chi connectivity index (χ1n) is 12.0. The Balaban J connectivity index is 1.61. The van der Waals surface area contributed by atoms with Gasteiger partial charge in [0.1, 0.15) is 30.5 Å². The van der Waals surface area contributed by atoms with Gasteiger partial charge in [-0.1, -0.05) is 43.3 Å². The van der Waals surface area contributed by atoms with Gasteiger partial charge in [0, 0.05) is 29.3 Å². The molecule has 2 aromatic carbocycles. The zero-order valence-corrected chi connectivity index (χ0v) is 19.8. The maximum Gasteiger partial charge on any atom is 0.336 e. The van der Waals surface area contributed by atoms with Gasteiger partial charge >= 0.3 is 5.97 Å². The number of fused-ring (bicyclic) bond motifs is 1. The summed E-state index contributed by atoms with van der Waals surface area (Å²) >= 11 is 0. The SMILES string of the molecule is CCCOc1ccccc1[C@H]1C(C(=O)OCCOc2ccccc2)=C(C)N=C2CCCC(=O)C21. The van der Waals surface area contributed by atoms with Gasteiger partial charge in [-0.05, 0) is 44.4 Å². The van der Waals surface area contributed by atoms with Crippen molar-refractivity contribution in [2.75, 3.05) is 19.8 Å². The highest BCUT2D eigenvalue weighted by Crippen LogP contribution is 2.45. The van der Waals surface area contributed by atoms with E-state index in [1.807, 2.05) is 68.4 Å². The van der Waals surface area contributed by atoms with Crippen LogP contribution in [0.1, 0.15) is 51.0 Å². The molecule has 34 heavy (non-hydrogen) atoms. The van der Waals surface area contributed by atoms with E-state index in [1.165, 1.54) is 0 Å². The Kier molecular flexibility index (Phi) is 7.78. The third kappa shape index (κ3) is 5.22. The molecule has 0 saturated heterocycles. The molecule has 2 aliphatic rings. The van der Waals surface area contributed by atoms with Crippen molar-refractivity contribution in [3.8, 4) is 11.5 Å². The molecule has 178 valence electrons. The minimum atomic E-state index is -0.476. The summed E-state index contributed by atoms with van der Waals surface area (Å²) in [5.74, 6) is 0.118. The average Bonchev–Trinajstić information content (AvgIpc) is 2.85. The molecule has 0 N–H and O–H groups in total. The molecule has 1 fully saturated rings. The number of para-hydroxylation sites is 2. The molecular formula is C28H31NO5. The average molecular weight is 462 g/mol. The zero-order chi connectivity index (χ0) is 23.9. The van der Waals surface area contributed by atoms with Crippen LogP contribution in [0.4, 0.5) is 0 Å². The minimum Gasteiger partial charge on any atom is -0.493 e. The number of esters is 1. The van der Waals surface area contributed by atoms with Gasteiger partial charge < -0.3 is 14.2 Å². The lowest BCUT2D eigenvalue weighted by molar-refractivity contribution is -0.140. The van der Waals surface area contributed by atoms with Gasteiger partial charge in [-0.3, -0.25) is 9.79 Å². The smallest absolute Gasteiger partial charge is 0.336 e. The number of Topliss-reactive ketones (excluding diaryl/α,β-unsaturated/α-hetero) is 1. The first-order valence-corrected chi connectivity index (χ1v) is 12.0. The number of hydrogen-bond acceptors (Lipinski definition) is 6. The van der Waals surface area contributed by atoms with E-state index >= 15 is 0 Å². The van der Waals surface area contributed by atoms with Gasteiger partial charge in [0.05, 0.1) is 18.1 Å². The molecule has 1 heterocycles. The molecular weight excluding hydrogens is 430 g/mol. The van der Waals surface area contributed by atoms with Gasteiger partial charge in [0.25, 0.3) is 0 Å². The molecule has 6 heteroatoms. The van der Waals surface area contributed by atoms with Crippen LogP contribution in [-0.4, -0.2) is 37.3 Å². The predicted octanol–water partition coefficient (Wildman–Crippen LogP) is 5.28. The summed E-state index contributed by atoms with van der Waals surface area (Å²) in [6, 6.07) is 17.1. The molecule has 0 bridgehead atoms. The standard InChI is InChI=1S/C28H31NO5/c1-3-16-33-24-15-8-7-12-21(24)26-25(19(2)29-22-13-9-14-23(30)27(22)26)28(31)34-18-17-32-20-10-5-4-6-11-20/h4-8,10-12,15,26-27H,3,9,13-14,16-18H2,1-2H3/t26-,27?/m0/s1. The Morgan fingerprint density at radius 1 is 0.941 bits per heavy atom. The molecule has 2 aromatic rings. The molecule has 1 aliphatic heterocycles. The Bertz CT molecular complexity index is 1090. The fourth-order valence-corrected chi connectivity index (χ4v) is 4.69. The number of aliphatic imine (C=N–C) groups is 1. The summed E-state index contributed by atoms with van der Waals surface area (Å²) in [7, 11) is 0. The van der Waals surface area contributed by atoms with Crippen LogP contribution in [0.2, 0.25) is 0 Å². The molecule has 0 spiro atoms. The van der Waals surface area contributed by atoms with Gasteiger partial charge in [-0.15, -0.1) is 0 Å². The van der Waals surface area contributed by atoms with Crippen LogP contribution in [0.15, 0.2) is 70.9 Å². The van der Waals surface area contributed by atoms with Crippen molar-refractivity contribution in [1.29, 1.82) is 0 Å². The number of hydrogen-bond donors (Lipinski definition) is 0. The van der Waals surface area contributed by atoms with Crippen LogP contribution in [0.3, 0.4) is 0 Å². The van der Waals surface area contributed by atoms with E-state index in [0.717, 1.165) is 30.5 Å². The fourth-order valence-electron chi connectivity index (χ4n) is 4.69. The third-order valence-corrected chi connectivity index (χ3v) is 6.17. The number of nitrogens with zero attached hydrogens (tertiary/aromatic N) is 1. The molecule has 2 atom stereocenters. The number of carbonyl (C=O) groups excluding carboxylic acids is 2. The zero-order valence-electron chi connectivity index (χ0n) is 19.8. The van der Waals surface area contributed by atoms with Gasteiger partial charge in [0.2, 0.25) is 0 Å². The highest BCUT2D eigenvalue weighted by atomic mass is 16.6. The second kappa shape index (κ2) is 11.1. The van der Waals surface area contributed by atoms with Crippen LogP contribution in [0, 0.1) is 5.92 Å². The summed E-state index contributed by atoms with van der Waals surface area (Å²) in [6.45, 7) is 4.76. The lowest BCUT2D eigenvalue weighted by atomic mass is 9.69. The Morgan fingerprint density at radius 3 is 2.50 bits per heavy atom. The van der Waals surface area contributed by atoms with Gasteiger partial charge in [-0.25, -0.2) is 4.79 Å². The third-order valence-electron chi connectivity index (χ3n) is 6.17. The summed E-state index contributed by atoms with van der Waals surface area (Å²) < 4.78 is 17.3. The van der Waals surface area contributed by atoms with Gasteiger partial charge in [0.15, 0.2) is 0 Å². The van der Waals surface area contributed by atoms with Gasteiger partial charge in [-0.2, -0.15) is 0 Å². The summed E-state index contributed by atoms with van der Waals surface area (Å²) in [6.07, 6.45) is 2.90. The van der Waals surface area contributed by atoms with Crippen LogP contribution >= 0.6 is 0 Å². The fraction of sp³-hybridized carbons (Fsp3) is 0.393. The lowest BCUT2D eigenvalue weighted by Crippen LogP contribution is -2.39. The molecule has 4 rings (SSSR count).